The molecule has 1 atom stereocenters. The maximum Gasteiger partial charge on any atom is 0.324 e. The van der Waals surface area contributed by atoms with Crippen molar-refractivity contribution in [1.82, 2.24) is 5.32 Å². The van der Waals surface area contributed by atoms with Gasteiger partial charge in [-0.1, -0.05) is 20.8 Å². The van der Waals surface area contributed by atoms with Crippen LogP contribution in [0.25, 0.3) is 0 Å². The SMILES string of the molecule is CC(C)(C)[C@@H](N)C(=O)NCC(F)(F)C(F)F. The van der Waals surface area contributed by atoms with Crippen molar-refractivity contribution in [3.63, 3.8) is 0 Å². The second kappa shape index (κ2) is 4.99. The number of nitrogens with one attached hydrogen (secondary N) is 1. The van der Waals surface area contributed by atoms with Gasteiger partial charge in [-0.15, -0.1) is 0 Å². The van der Waals surface area contributed by atoms with Gasteiger partial charge in [-0.05, 0) is 5.41 Å². The molecule has 0 unspecified atom stereocenters. The zero-order valence-electron chi connectivity index (χ0n) is 9.36. The van der Waals surface area contributed by atoms with Crippen LogP contribution in [0.5, 0.6) is 0 Å². The lowest BCUT2D eigenvalue weighted by atomic mass is 9.87. The van der Waals surface area contributed by atoms with E-state index in [0.29, 0.717) is 0 Å². The topological polar surface area (TPSA) is 55.1 Å². The Labute approximate surface area is 91.4 Å². The first kappa shape index (κ1) is 15.2. The number of rotatable bonds is 4. The Bertz CT molecular complexity index is 250. The van der Waals surface area contributed by atoms with Crippen LogP contribution in [0.1, 0.15) is 20.8 Å². The number of nitrogens with two attached hydrogens (primary N) is 1. The Kier molecular flexibility index (Phi) is 4.72. The normalized spacial score (nSPS) is 15.1. The molecule has 3 nitrogen and oxygen atoms in total. The van der Waals surface area contributed by atoms with Gasteiger partial charge < -0.3 is 11.1 Å². The van der Waals surface area contributed by atoms with Crippen LogP contribution in [0.3, 0.4) is 0 Å². The summed E-state index contributed by atoms with van der Waals surface area (Å²) in [5.41, 5.74) is 4.83. The molecule has 0 heterocycles. The van der Waals surface area contributed by atoms with Gasteiger partial charge >= 0.3 is 12.3 Å². The minimum absolute atomic E-state index is 0.621. The smallest absolute Gasteiger partial charge is 0.324 e. The van der Waals surface area contributed by atoms with Gasteiger partial charge in [-0.25, -0.2) is 8.78 Å². The fourth-order valence-corrected chi connectivity index (χ4v) is 0.785. The minimum atomic E-state index is -4.23. The maximum absolute atomic E-state index is 12.5. The van der Waals surface area contributed by atoms with Crippen molar-refractivity contribution in [2.75, 3.05) is 6.54 Å². The molecule has 0 spiro atoms. The zero-order chi connectivity index (χ0) is 13.1. The molecule has 0 aromatic rings. The molecular formula is C9H16F4N2O. The summed E-state index contributed by atoms with van der Waals surface area (Å²) < 4.78 is 48.5. The quantitative estimate of drug-likeness (QED) is 0.734. The van der Waals surface area contributed by atoms with Crippen molar-refractivity contribution in [3.8, 4) is 0 Å². The molecule has 0 aliphatic rings. The number of carbonyl (C=O) groups excluding carboxylic acids is 1. The lowest BCUT2D eigenvalue weighted by molar-refractivity contribution is -0.138. The average Bonchev–Trinajstić information content (AvgIpc) is 2.11. The second-order valence-electron chi connectivity index (χ2n) is 4.62. The van der Waals surface area contributed by atoms with Crippen molar-refractivity contribution in [1.29, 1.82) is 0 Å². The van der Waals surface area contributed by atoms with Gasteiger partial charge in [0.1, 0.15) is 0 Å². The van der Waals surface area contributed by atoms with Gasteiger partial charge in [0.15, 0.2) is 0 Å². The van der Waals surface area contributed by atoms with Gasteiger partial charge in [-0.3, -0.25) is 4.79 Å². The third-order valence-corrected chi connectivity index (χ3v) is 2.03. The predicted molar refractivity (Wildman–Crippen MR) is 51.4 cm³/mol. The molecule has 1 amide bonds. The highest BCUT2D eigenvalue weighted by Crippen LogP contribution is 2.22. The minimum Gasteiger partial charge on any atom is -0.348 e. The van der Waals surface area contributed by atoms with Crippen molar-refractivity contribution in [2.45, 2.75) is 39.2 Å². The number of hydrogen-bond acceptors (Lipinski definition) is 2. The summed E-state index contributed by atoms with van der Waals surface area (Å²) in [4.78, 5) is 11.2. The van der Waals surface area contributed by atoms with Crippen LogP contribution in [-0.4, -0.2) is 30.8 Å². The lowest BCUT2D eigenvalue weighted by Gasteiger charge is -2.26. The molecule has 0 aliphatic carbocycles. The predicted octanol–water partition coefficient (Wildman–Crippen LogP) is 1.38. The Morgan fingerprint density at radius 3 is 2.06 bits per heavy atom. The molecular weight excluding hydrogens is 228 g/mol. The van der Waals surface area contributed by atoms with Gasteiger partial charge in [0.05, 0.1) is 12.6 Å². The van der Waals surface area contributed by atoms with Gasteiger partial charge in [0.25, 0.3) is 0 Å². The summed E-state index contributed by atoms with van der Waals surface area (Å²) in [7, 11) is 0. The monoisotopic (exact) mass is 244 g/mol. The molecule has 7 heteroatoms. The fourth-order valence-electron chi connectivity index (χ4n) is 0.785. The third kappa shape index (κ3) is 4.34. The maximum atomic E-state index is 12.5. The van der Waals surface area contributed by atoms with E-state index < -0.39 is 36.3 Å². The molecule has 0 radical (unpaired) electrons. The second-order valence-corrected chi connectivity index (χ2v) is 4.62. The zero-order valence-corrected chi connectivity index (χ0v) is 9.36. The van der Waals surface area contributed by atoms with Gasteiger partial charge in [0, 0.05) is 0 Å². The van der Waals surface area contributed by atoms with Crippen LogP contribution in [0.2, 0.25) is 0 Å². The first-order valence-electron chi connectivity index (χ1n) is 4.67. The molecule has 0 aliphatic heterocycles. The summed E-state index contributed by atoms with van der Waals surface area (Å²) in [5, 5.41) is 1.72. The standard InChI is InChI=1S/C9H16F4N2O/c1-8(2,3)5(14)6(16)15-4-9(12,13)7(10)11/h5,7H,4,14H2,1-3H3,(H,15,16)/t5-/m0/s1. The highest BCUT2D eigenvalue weighted by atomic mass is 19.3. The Hall–Kier alpha value is -0.850. The molecule has 0 saturated carbocycles. The highest BCUT2D eigenvalue weighted by Gasteiger charge is 2.41. The van der Waals surface area contributed by atoms with Crippen LogP contribution in [-0.2, 0) is 4.79 Å². The van der Waals surface area contributed by atoms with E-state index in [2.05, 4.69) is 0 Å². The van der Waals surface area contributed by atoms with E-state index in [1.165, 1.54) is 0 Å². The number of halogens is 4. The van der Waals surface area contributed by atoms with Crippen molar-refractivity contribution >= 4 is 5.91 Å². The summed E-state index contributed by atoms with van der Waals surface area (Å²) >= 11 is 0. The van der Waals surface area contributed by atoms with Crippen molar-refractivity contribution in [2.24, 2.45) is 11.1 Å². The highest BCUT2D eigenvalue weighted by molar-refractivity contribution is 5.82. The van der Waals surface area contributed by atoms with E-state index >= 15 is 0 Å². The molecule has 0 fully saturated rings. The fraction of sp³-hybridized carbons (Fsp3) is 0.889. The van der Waals surface area contributed by atoms with E-state index in [1.54, 1.807) is 26.1 Å². The lowest BCUT2D eigenvalue weighted by Crippen LogP contribution is -2.52. The van der Waals surface area contributed by atoms with Crippen molar-refractivity contribution in [3.05, 3.63) is 0 Å². The number of carbonyl (C=O) groups is 1. The van der Waals surface area contributed by atoms with Crippen LogP contribution in [0, 0.1) is 5.41 Å². The first-order valence-corrected chi connectivity index (χ1v) is 4.67. The largest absolute Gasteiger partial charge is 0.348 e. The first-order chi connectivity index (χ1) is 6.98. The third-order valence-electron chi connectivity index (χ3n) is 2.03. The summed E-state index contributed by atoms with van der Waals surface area (Å²) in [6.45, 7) is 3.51. The molecule has 0 bridgehead atoms. The van der Waals surface area contributed by atoms with E-state index in [9.17, 15) is 22.4 Å². The van der Waals surface area contributed by atoms with Gasteiger partial charge in [0.2, 0.25) is 5.91 Å². The number of hydrogen-bond donors (Lipinski definition) is 2. The van der Waals surface area contributed by atoms with Crippen LogP contribution < -0.4 is 11.1 Å². The van der Waals surface area contributed by atoms with Gasteiger partial charge in [-0.2, -0.15) is 8.78 Å². The molecule has 16 heavy (non-hydrogen) atoms. The van der Waals surface area contributed by atoms with E-state index in [4.69, 9.17) is 5.73 Å². The molecule has 0 rings (SSSR count). The molecule has 3 N–H and O–H groups in total. The average molecular weight is 244 g/mol. The number of amides is 1. The Morgan fingerprint density at radius 2 is 1.75 bits per heavy atom. The van der Waals surface area contributed by atoms with Crippen molar-refractivity contribution < 1.29 is 22.4 Å². The number of alkyl halides is 4. The molecule has 0 aromatic heterocycles. The Morgan fingerprint density at radius 1 is 1.31 bits per heavy atom. The molecule has 0 saturated heterocycles. The van der Waals surface area contributed by atoms with E-state index in [1.807, 2.05) is 0 Å². The summed E-state index contributed by atoms with van der Waals surface area (Å²) in [6.07, 6.45) is -3.81. The molecule has 0 aromatic carbocycles. The summed E-state index contributed by atoms with van der Waals surface area (Å²) in [6, 6.07) is -1.03. The van der Waals surface area contributed by atoms with Crippen LogP contribution in [0.15, 0.2) is 0 Å². The van der Waals surface area contributed by atoms with E-state index in [0.717, 1.165) is 0 Å². The van der Waals surface area contributed by atoms with E-state index in [-0.39, 0.29) is 0 Å². The van der Waals surface area contributed by atoms with Crippen LogP contribution in [0.4, 0.5) is 17.6 Å². The molecule has 96 valence electrons. The Balaban J connectivity index is 4.29. The van der Waals surface area contributed by atoms with Crippen LogP contribution >= 0.6 is 0 Å². The summed E-state index contributed by atoms with van der Waals surface area (Å²) in [5.74, 6) is -5.10.